The lowest BCUT2D eigenvalue weighted by atomic mass is 10.3. The van der Waals surface area contributed by atoms with Crippen molar-refractivity contribution in [1.82, 2.24) is 9.78 Å². The van der Waals surface area contributed by atoms with Gasteiger partial charge >= 0.3 is 0 Å². The van der Waals surface area contributed by atoms with Gasteiger partial charge in [0.15, 0.2) is 5.82 Å². The van der Waals surface area contributed by atoms with E-state index in [0.717, 1.165) is 6.42 Å². The van der Waals surface area contributed by atoms with Crippen LogP contribution in [0.3, 0.4) is 0 Å². The number of nitrogen functional groups attached to an aromatic ring is 1. The Morgan fingerprint density at radius 1 is 1.33 bits per heavy atom. The van der Waals surface area contributed by atoms with E-state index in [1.54, 1.807) is 6.07 Å². The standard InChI is InChI=1S/C12H14Cl2N4O2S/c1-2-6-18-7-10(12(15)16-18)21(19,20)17-11-8(13)4-3-5-9(11)14/h3-5,7,17H,2,6H2,1H3,(H2,15,16). The molecule has 9 heteroatoms. The second kappa shape index (κ2) is 6.13. The molecule has 0 saturated heterocycles. The van der Waals surface area contributed by atoms with Gasteiger partial charge < -0.3 is 5.73 Å². The summed E-state index contributed by atoms with van der Waals surface area (Å²) in [5.74, 6) is -0.0703. The van der Waals surface area contributed by atoms with Gasteiger partial charge in [-0.25, -0.2) is 8.42 Å². The van der Waals surface area contributed by atoms with Crippen molar-refractivity contribution in [2.45, 2.75) is 24.8 Å². The minimum Gasteiger partial charge on any atom is -0.381 e. The van der Waals surface area contributed by atoms with Gasteiger partial charge in [0.1, 0.15) is 4.90 Å². The molecule has 0 aliphatic heterocycles. The molecule has 0 radical (unpaired) electrons. The maximum absolute atomic E-state index is 12.4. The Labute approximate surface area is 132 Å². The lowest BCUT2D eigenvalue weighted by Crippen LogP contribution is -2.14. The van der Waals surface area contributed by atoms with E-state index in [1.165, 1.54) is 23.0 Å². The molecule has 0 aliphatic carbocycles. The van der Waals surface area contributed by atoms with Crippen molar-refractivity contribution in [1.29, 1.82) is 0 Å². The minimum atomic E-state index is -3.91. The number of para-hydroxylation sites is 1. The second-order valence-corrected chi connectivity index (χ2v) is 6.81. The van der Waals surface area contributed by atoms with Crippen LogP contribution in [0.2, 0.25) is 10.0 Å². The Morgan fingerprint density at radius 2 is 1.95 bits per heavy atom. The number of aromatic nitrogens is 2. The van der Waals surface area contributed by atoms with E-state index in [0.29, 0.717) is 6.54 Å². The molecule has 0 saturated carbocycles. The summed E-state index contributed by atoms with van der Waals surface area (Å²) in [6.45, 7) is 2.53. The van der Waals surface area contributed by atoms with Crippen LogP contribution in [0.25, 0.3) is 0 Å². The highest BCUT2D eigenvalue weighted by atomic mass is 35.5. The van der Waals surface area contributed by atoms with Crippen LogP contribution in [0.15, 0.2) is 29.3 Å². The zero-order valence-electron chi connectivity index (χ0n) is 11.2. The van der Waals surface area contributed by atoms with Crippen molar-refractivity contribution in [3.05, 3.63) is 34.4 Å². The average molecular weight is 349 g/mol. The van der Waals surface area contributed by atoms with Gasteiger partial charge in [-0.1, -0.05) is 36.2 Å². The number of nitrogens with one attached hydrogen (secondary N) is 1. The van der Waals surface area contributed by atoms with E-state index in [4.69, 9.17) is 28.9 Å². The Kier molecular flexibility index (Phi) is 4.65. The highest BCUT2D eigenvalue weighted by Gasteiger charge is 2.23. The number of halogens is 2. The lowest BCUT2D eigenvalue weighted by Gasteiger charge is -2.10. The molecular weight excluding hydrogens is 335 g/mol. The zero-order valence-corrected chi connectivity index (χ0v) is 13.5. The number of nitrogens with zero attached hydrogens (tertiary/aromatic N) is 2. The lowest BCUT2D eigenvalue weighted by molar-refractivity contribution is 0.595. The molecule has 0 aliphatic rings. The fourth-order valence-corrected chi connectivity index (χ4v) is 3.53. The maximum atomic E-state index is 12.4. The van der Waals surface area contributed by atoms with Crippen LogP contribution in [0.5, 0.6) is 0 Å². The van der Waals surface area contributed by atoms with E-state index < -0.39 is 10.0 Å². The largest absolute Gasteiger partial charge is 0.381 e. The molecule has 2 rings (SSSR count). The summed E-state index contributed by atoms with van der Waals surface area (Å²) in [4.78, 5) is -0.105. The van der Waals surface area contributed by atoms with Crippen molar-refractivity contribution >= 4 is 44.7 Å². The van der Waals surface area contributed by atoms with Gasteiger partial charge in [0.2, 0.25) is 0 Å². The van der Waals surface area contributed by atoms with E-state index in [2.05, 4.69) is 9.82 Å². The Morgan fingerprint density at radius 3 is 2.52 bits per heavy atom. The first-order chi connectivity index (χ1) is 9.85. The van der Waals surface area contributed by atoms with Gasteiger partial charge in [-0.15, -0.1) is 0 Å². The Balaban J connectivity index is 2.39. The van der Waals surface area contributed by atoms with Crippen LogP contribution in [0, 0.1) is 0 Å². The number of anilines is 2. The number of aryl methyl sites for hydroxylation is 1. The molecule has 2 aromatic rings. The topological polar surface area (TPSA) is 90.0 Å². The molecule has 1 aromatic heterocycles. The first-order valence-corrected chi connectivity index (χ1v) is 8.39. The number of rotatable bonds is 5. The van der Waals surface area contributed by atoms with E-state index in [-0.39, 0.29) is 26.4 Å². The number of hydrogen-bond acceptors (Lipinski definition) is 4. The van der Waals surface area contributed by atoms with Crippen LogP contribution >= 0.6 is 23.2 Å². The average Bonchev–Trinajstić information content (AvgIpc) is 2.76. The van der Waals surface area contributed by atoms with Crippen molar-refractivity contribution in [3.63, 3.8) is 0 Å². The first kappa shape index (κ1) is 15.9. The summed E-state index contributed by atoms with van der Waals surface area (Å²) in [6, 6.07) is 4.69. The molecule has 3 N–H and O–H groups in total. The molecule has 0 bridgehead atoms. The third-order valence-electron chi connectivity index (χ3n) is 2.70. The van der Waals surface area contributed by atoms with Gasteiger partial charge in [-0.2, -0.15) is 5.10 Å². The van der Waals surface area contributed by atoms with Crippen LogP contribution in [-0.4, -0.2) is 18.2 Å². The van der Waals surface area contributed by atoms with Crippen LogP contribution < -0.4 is 10.5 Å². The van der Waals surface area contributed by atoms with Gasteiger partial charge in [0, 0.05) is 12.7 Å². The number of hydrogen-bond donors (Lipinski definition) is 2. The van der Waals surface area contributed by atoms with Gasteiger partial charge in [-0.3, -0.25) is 9.40 Å². The summed E-state index contributed by atoms with van der Waals surface area (Å²) < 4.78 is 28.6. The third-order valence-corrected chi connectivity index (χ3v) is 4.69. The van der Waals surface area contributed by atoms with E-state index >= 15 is 0 Å². The van der Waals surface area contributed by atoms with Gasteiger partial charge in [-0.05, 0) is 18.6 Å². The molecule has 1 heterocycles. The molecule has 21 heavy (non-hydrogen) atoms. The van der Waals surface area contributed by atoms with Crippen molar-refractivity contribution in [2.24, 2.45) is 0 Å². The molecule has 0 atom stereocenters. The number of benzene rings is 1. The molecule has 0 amide bonds. The smallest absolute Gasteiger partial charge is 0.267 e. The minimum absolute atomic E-state index is 0.0703. The SMILES string of the molecule is CCCn1cc(S(=O)(=O)Nc2c(Cl)cccc2Cl)c(N)n1. The first-order valence-electron chi connectivity index (χ1n) is 6.15. The van der Waals surface area contributed by atoms with Gasteiger partial charge in [0.05, 0.1) is 15.7 Å². The van der Waals surface area contributed by atoms with Crippen molar-refractivity contribution < 1.29 is 8.42 Å². The fourth-order valence-electron chi connectivity index (χ4n) is 1.75. The van der Waals surface area contributed by atoms with Crippen LogP contribution in [0.1, 0.15) is 13.3 Å². The predicted molar refractivity (Wildman–Crippen MR) is 84.2 cm³/mol. The molecule has 1 aromatic carbocycles. The molecule has 6 nitrogen and oxygen atoms in total. The monoisotopic (exact) mass is 348 g/mol. The molecule has 0 fully saturated rings. The summed E-state index contributed by atoms with van der Waals surface area (Å²) in [5, 5.41) is 4.36. The van der Waals surface area contributed by atoms with E-state index in [1.807, 2.05) is 6.92 Å². The summed E-state index contributed by atoms with van der Waals surface area (Å²) in [7, 11) is -3.91. The molecule has 0 spiro atoms. The Hall–Kier alpha value is -1.44. The maximum Gasteiger partial charge on any atom is 0.267 e. The quantitative estimate of drug-likeness (QED) is 0.868. The highest BCUT2D eigenvalue weighted by Crippen LogP contribution is 2.32. The normalized spacial score (nSPS) is 11.6. The van der Waals surface area contributed by atoms with Gasteiger partial charge in [0.25, 0.3) is 10.0 Å². The zero-order chi connectivity index (χ0) is 15.6. The van der Waals surface area contributed by atoms with Crippen LogP contribution in [-0.2, 0) is 16.6 Å². The van der Waals surface area contributed by atoms with Crippen molar-refractivity contribution in [3.8, 4) is 0 Å². The highest BCUT2D eigenvalue weighted by molar-refractivity contribution is 7.92. The predicted octanol–water partition coefficient (Wildman–Crippen LogP) is 2.98. The summed E-state index contributed by atoms with van der Waals surface area (Å²) in [6.07, 6.45) is 2.19. The summed E-state index contributed by atoms with van der Waals surface area (Å²) in [5.41, 5.74) is 5.78. The molecule has 114 valence electrons. The second-order valence-electron chi connectivity index (χ2n) is 4.34. The number of nitrogens with two attached hydrogens (primary N) is 1. The van der Waals surface area contributed by atoms with Crippen molar-refractivity contribution in [2.75, 3.05) is 10.5 Å². The van der Waals surface area contributed by atoms with E-state index in [9.17, 15) is 8.42 Å². The number of sulfonamides is 1. The molecular formula is C12H14Cl2N4O2S. The molecule has 0 unspecified atom stereocenters. The Bertz CT molecular complexity index is 738. The summed E-state index contributed by atoms with van der Waals surface area (Å²) >= 11 is 11.9. The fraction of sp³-hybridized carbons (Fsp3) is 0.250. The van der Waals surface area contributed by atoms with Crippen LogP contribution in [0.4, 0.5) is 11.5 Å². The third kappa shape index (κ3) is 3.42.